The molecule has 1 aliphatic rings. The van der Waals surface area contributed by atoms with E-state index in [2.05, 4.69) is 44.0 Å². The molecule has 1 aliphatic heterocycles. The largest absolute Gasteiger partial charge is 0.366 e. The van der Waals surface area contributed by atoms with Crippen LogP contribution < -0.4 is 10.2 Å². The summed E-state index contributed by atoms with van der Waals surface area (Å²) in [6.07, 6.45) is 3.44. The standard InChI is InChI=1S/C19H31FN2/c1-6-8-9-22-18-11-17(20)15(13-21-7-2)10-16(18)14(3)12-19(22,4)5/h10-11,14,21H,6-9,12-13H2,1-5H3/t14-/m0/s1. The van der Waals surface area contributed by atoms with Gasteiger partial charge in [-0.2, -0.15) is 0 Å². The van der Waals surface area contributed by atoms with Gasteiger partial charge < -0.3 is 10.2 Å². The lowest BCUT2D eigenvalue weighted by atomic mass is 9.79. The SMILES string of the molecule is CCCCN1c2cc(F)c(CNCC)cc2[C@@H](C)CC1(C)C. The highest BCUT2D eigenvalue weighted by molar-refractivity contribution is 5.61. The van der Waals surface area contributed by atoms with Gasteiger partial charge in [0, 0.05) is 29.9 Å². The van der Waals surface area contributed by atoms with Crippen molar-refractivity contribution >= 4 is 5.69 Å². The van der Waals surface area contributed by atoms with E-state index < -0.39 is 0 Å². The molecule has 1 aromatic carbocycles. The van der Waals surface area contributed by atoms with E-state index >= 15 is 0 Å². The zero-order chi connectivity index (χ0) is 16.3. The first-order valence-electron chi connectivity index (χ1n) is 8.71. The molecule has 2 rings (SSSR count). The monoisotopic (exact) mass is 306 g/mol. The molecule has 0 spiro atoms. The second-order valence-corrected chi connectivity index (χ2v) is 7.21. The van der Waals surface area contributed by atoms with E-state index in [0.29, 0.717) is 12.5 Å². The van der Waals surface area contributed by atoms with Gasteiger partial charge in [0.15, 0.2) is 0 Å². The molecule has 0 aliphatic carbocycles. The third kappa shape index (κ3) is 3.45. The van der Waals surface area contributed by atoms with Gasteiger partial charge in [-0.05, 0) is 56.8 Å². The van der Waals surface area contributed by atoms with E-state index in [-0.39, 0.29) is 11.4 Å². The molecule has 0 saturated carbocycles. The van der Waals surface area contributed by atoms with Gasteiger partial charge in [0.1, 0.15) is 5.82 Å². The molecule has 3 heteroatoms. The lowest BCUT2D eigenvalue weighted by Crippen LogP contribution is -2.48. The number of benzene rings is 1. The minimum Gasteiger partial charge on any atom is -0.366 e. The van der Waals surface area contributed by atoms with E-state index in [1.807, 2.05) is 6.92 Å². The van der Waals surface area contributed by atoms with Crippen molar-refractivity contribution in [2.45, 2.75) is 71.9 Å². The van der Waals surface area contributed by atoms with E-state index in [0.717, 1.165) is 37.2 Å². The Morgan fingerprint density at radius 3 is 2.68 bits per heavy atom. The highest BCUT2D eigenvalue weighted by atomic mass is 19.1. The first-order chi connectivity index (χ1) is 10.4. The number of rotatable bonds is 6. The van der Waals surface area contributed by atoms with Crippen molar-refractivity contribution in [1.29, 1.82) is 0 Å². The van der Waals surface area contributed by atoms with Gasteiger partial charge in [0.25, 0.3) is 0 Å². The van der Waals surface area contributed by atoms with Gasteiger partial charge in [-0.3, -0.25) is 0 Å². The van der Waals surface area contributed by atoms with Gasteiger partial charge >= 0.3 is 0 Å². The van der Waals surface area contributed by atoms with Crippen LogP contribution in [0, 0.1) is 5.82 Å². The number of nitrogens with one attached hydrogen (secondary N) is 1. The van der Waals surface area contributed by atoms with E-state index in [9.17, 15) is 4.39 Å². The Labute approximate surface area is 135 Å². The van der Waals surface area contributed by atoms with Crippen LogP contribution in [0.5, 0.6) is 0 Å². The van der Waals surface area contributed by atoms with Crippen LogP contribution >= 0.6 is 0 Å². The van der Waals surface area contributed by atoms with Crippen molar-refractivity contribution in [3.05, 3.63) is 29.1 Å². The molecule has 1 atom stereocenters. The van der Waals surface area contributed by atoms with E-state index in [1.165, 1.54) is 12.0 Å². The summed E-state index contributed by atoms with van der Waals surface area (Å²) in [4.78, 5) is 2.42. The molecule has 0 saturated heterocycles. The molecule has 0 aromatic heterocycles. The predicted octanol–water partition coefficient (Wildman–Crippen LogP) is 4.83. The molecule has 1 heterocycles. The molecule has 0 radical (unpaired) electrons. The number of anilines is 1. The van der Waals surface area contributed by atoms with E-state index in [1.54, 1.807) is 6.07 Å². The molecule has 1 aromatic rings. The molecular weight excluding hydrogens is 275 g/mol. The van der Waals surface area contributed by atoms with Crippen LogP contribution in [0.2, 0.25) is 0 Å². The van der Waals surface area contributed by atoms with Crippen LogP contribution in [0.15, 0.2) is 12.1 Å². The number of hydrogen-bond donors (Lipinski definition) is 1. The first kappa shape index (κ1) is 17.3. The number of nitrogens with zero attached hydrogens (tertiary/aromatic N) is 1. The van der Waals surface area contributed by atoms with Gasteiger partial charge in [0.2, 0.25) is 0 Å². The Morgan fingerprint density at radius 1 is 1.32 bits per heavy atom. The Morgan fingerprint density at radius 2 is 2.05 bits per heavy atom. The lowest BCUT2D eigenvalue weighted by Gasteiger charge is -2.48. The fraction of sp³-hybridized carbons (Fsp3) is 0.684. The summed E-state index contributed by atoms with van der Waals surface area (Å²) in [5.74, 6) is 0.398. The summed E-state index contributed by atoms with van der Waals surface area (Å²) in [7, 11) is 0. The minimum absolute atomic E-state index is 0.0777. The zero-order valence-corrected chi connectivity index (χ0v) is 14.8. The number of halogens is 1. The maximum Gasteiger partial charge on any atom is 0.129 e. The molecular formula is C19H31FN2. The number of hydrogen-bond acceptors (Lipinski definition) is 2. The smallest absolute Gasteiger partial charge is 0.129 e. The summed E-state index contributed by atoms with van der Waals surface area (Å²) < 4.78 is 14.5. The van der Waals surface area contributed by atoms with Crippen LogP contribution in [0.3, 0.4) is 0 Å². The Balaban J connectivity index is 2.41. The topological polar surface area (TPSA) is 15.3 Å². The van der Waals surface area contributed by atoms with Crippen molar-refractivity contribution in [1.82, 2.24) is 5.32 Å². The summed E-state index contributed by atoms with van der Waals surface area (Å²) in [6, 6.07) is 3.86. The molecule has 22 heavy (non-hydrogen) atoms. The van der Waals surface area contributed by atoms with Gasteiger partial charge in [0.05, 0.1) is 0 Å². The first-order valence-corrected chi connectivity index (χ1v) is 8.71. The maximum absolute atomic E-state index is 14.5. The molecule has 0 amide bonds. The average Bonchev–Trinajstić information content (AvgIpc) is 2.44. The van der Waals surface area contributed by atoms with Crippen molar-refractivity contribution in [2.24, 2.45) is 0 Å². The van der Waals surface area contributed by atoms with Crippen LogP contribution in [-0.4, -0.2) is 18.6 Å². The molecule has 0 bridgehead atoms. The fourth-order valence-corrected chi connectivity index (χ4v) is 3.69. The quantitative estimate of drug-likeness (QED) is 0.810. The van der Waals surface area contributed by atoms with Crippen molar-refractivity contribution in [3.8, 4) is 0 Å². The van der Waals surface area contributed by atoms with Gasteiger partial charge in [-0.25, -0.2) is 4.39 Å². The Kier molecular flexibility index (Phi) is 5.49. The second kappa shape index (κ2) is 6.99. The molecule has 1 N–H and O–H groups in total. The van der Waals surface area contributed by atoms with E-state index in [4.69, 9.17) is 0 Å². The molecule has 124 valence electrons. The third-order valence-corrected chi connectivity index (χ3v) is 4.85. The molecule has 2 nitrogen and oxygen atoms in total. The Hall–Kier alpha value is -1.09. The zero-order valence-electron chi connectivity index (χ0n) is 14.8. The summed E-state index contributed by atoms with van der Waals surface area (Å²) in [6.45, 7) is 13.6. The third-order valence-electron chi connectivity index (χ3n) is 4.85. The summed E-state index contributed by atoms with van der Waals surface area (Å²) >= 11 is 0. The molecule has 0 unspecified atom stereocenters. The van der Waals surface area contributed by atoms with Crippen molar-refractivity contribution < 1.29 is 4.39 Å². The average molecular weight is 306 g/mol. The van der Waals surface area contributed by atoms with Crippen LogP contribution in [0.4, 0.5) is 10.1 Å². The fourth-order valence-electron chi connectivity index (χ4n) is 3.69. The van der Waals surface area contributed by atoms with Gasteiger partial charge in [-0.1, -0.05) is 27.2 Å². The summed E-state index contributed by atoms with van der Waals surface area (Å²) in [5.41, 5.74) is 3.30. The lowest BCUT2D eigenvalue weighted by molar-refractivity contribution is 0.372. The summed E-state index contributed by atoms with van der Waals surface area (Å²) in [5, 5.41) is 3.24. The Bertz CT molecular complexity index is 510. The predicted molar refractivity (Wildman–Crippen MR) is 93.1 cm³/mol. The van der Waals surface area contributed by atoms with Crippen molar-refractivity contribution in [3.63, 3.8) is 0 Å². The van der Waals surface area contributed by atoms with Crippen molar-refractivity contribution in [2.75, 3.05) is 18.0 Å². The second-order valence-electron chi connectivity index (χ2n) is 7.21. The highest BCUT2D eigenvalue weighted by Crippen LogP contribution is 2.44. The van der Waals surface area contributed by atoms with Crippen LogP contribution in [0.1, 0.15) is 70.9 Å². The maximum atomic E-state index is 14.5. The van der Waals surface area contributed by atoms with Crippen LogP contribution in [-0.2, 0) is 6.54 Å². The normalized spacial score (nSPS) is 20.1. The molecule has 0 fully saturated rings. The highest BCUT2D eigenvalue weighted by Gasteiger charge is 2.36. The number of fused-ring (bicyclic) bond motifs is 1. The van der Waals surface area contributed by atoms with Crippen LogP contribution in [0.25, 0.3) is 0 Å². The minimum atomic E-state index is -0.0777. The number of unbranched alkanes of at least 4 members (excludes halogenated alkanes) is 1. The van der Waals surface area contributed by atoms with Gasteiger partial charge in [-0.15, -0.1) is 0 Å².